The zero-order valence-electron chi connectivity index (χ0n) is 25.0. The zero-order valence-corrected chi connectivity index (χ0v) is 25.0. The third-order valence-electron chi connectivity index (χ3n) is 7.40. The number of hydrogen-bond donors (Lipinski definition) is 3. The van der Waals surface area contributed by atoms with Gasteiger partial charge in [-0.3, -0.25) is 19.2 Å². The van der Waals surface area contributed by atoms with Gasteiger partial charge in [0, 0.05) is 51.4 Å². The smallest absolute Gasteiger partial charge is 0.475 e. The summed E-state index contributed by atoms with van der Waals surface area (Å²) in [6.45, 7) is 5.60. The van der Waals surface area contributed by atoms with Crippen LogP contribution in [0.15, 0.2) is 29.3 Å². The van der Waals surface area contributed by atoms with Crippen molar-refractivity contribution in [1.82, 2.24) is 24.3 Å². The van der Waals surface area contributed by atoms with Crippen molar-refractivity contribution in [1.29, 1.82) is 0 Å². The summed E-state index contributed by atoms with van der Waals surface area (Å²) in [4.78, 5) is 53.9. The van der Waals surface area contributed by atoms with E-state index in [0.717, 1.165) is 62.6 Å². The van der Waals surface area contributed by atoms with Crippen LogP contribution in [0.1, 0.15) is 35.5 Å². The Morgan fingerprint density at radius 1 is 0.875 bits per heavy atom. The molecule has 0 unspecified atom stereocenters. The average molecular weight is 708 g/mol. The highest BCUT2D eigenvalue weighted by Gasteiger charge is 2.42. The molecular weight excluding hydrogens is 677 g/mol. The van der Waals surface area contributed by atoms with Crippen molar-refractivity contribution in [2.75, 3.05) is 26.7 Å². The summed E-state index contributed by atoms with van der Waals surface area (Å²) in [6.07, 6.45) is -7.36. The molecule has 12 nitrogen and oxygen atoms in total. The molecule has 0 aliphatic carbocycles. The average Bonchev–Trinajstić information content (AvgIpc) is 3.33. The second-order valence-electron chi connectivity index (χ2n) is 11.1. The molecule has 268 valence electrons. The molecule has 1 spiro atoms. The molecule has 1 fully saturated rings. The minimum absolute atomic E-state index is 0.210. The van der Waals surface area contributed by atoms with Crippen LogP contribution in [0.3, 0.4) is 0 Å². The van der Waals surface area contributed by atoms with Crippen LogP contribution in [0.25, 0.3) is 0 Å². The van der Waals surface area contributed by atoms with Crippen LogP contribution < -0.4 is 5.56 Å². The maximum atomic E-state index is 13.3. The second kappa shape index (κ2) is 15.8. The molecule has 1 saturated heterocycles. The molecule has 3 N–H and O–H groups in total. The zero-order chi connectivity index (χ0) is 36.7. The molecule has 2 aromatic rings. The lowest BCUT2D eigenvalue weighted by Crippen LogP contribution is -2.40. The Bertz CT molecular complexity index is 1430. The van der Waals surface area contributed by atoms with Crippen molar-refractivity contribution in [3.05, 3.63) is 57.5 Å². The summed E-state index contributed by atoms with van der Waals surface area (Å²) >= 11 is 0. The first kappa shape index (κ1) is 39.9. The van der Waals surface area contributed by atoms with Gasteiger partial charge >= 0.3 is 36.4 Å². The minimum Gasteiger partial charge on any atom is -0.475 e. The number of fused-ring (bicyclic) bond motifs is 2. The maximum absolute atomic E-state index is 13.3. The quantitative estimate of drug-likeness (QED) is 0.392. The molecule has 0 atom stereocenters. The van der Waals surface area contributed by atoms with Crippen molar-refractivity contribution in [2.45, 2.75) is 63.8 Å². The van der Waals surface area contributed by atoms with Gasteiger partial charge in [-0.2, -0.15) is 39.5 Å². The van der Waals surface area contributed by atoms with E-state index in [2.05, 4.69) is 27.9 Å². The van der Waals surface area contributed by atoms with Gasteiger partial charge in [-0.25, -0.2) is 19.4 Å². The number of piperidine rings is 1. The summed E-state index contributed by atoms with van der Waals surface area (Å²) in [7, 11) is 2.19. The fourth-order valence-corrected chi connectivity index (χ4v) is 4.96. The van der Waals surface area contributed by atoms with Crippen molar-refractivity contribution < 1.29 is 69.2 Å². The number of carboxylic acids is 3. The number of hydrogen-bond acceptors (Lipinski definition) is 8. The van der Waals surface area contributed by atoms with E-state index in [1.54, 1.807) is 6.20 Å². The number of carbonyl (C=O) groups is 3. The summed E-state index contributed by atoms with van der Waals surface area (Å²) in [5, 5.41) is 21.4. The number of halogens is 9. The Labute approximate surface area is 265 Å². The highest BCUT2D eigenvalue weighted by Crippen LogP contribution is 2.40. The van der Waals surface area contributed by atoms with Crippen LogP contribution in [0.5, 0.6) is 0 Å². The number of pyridine rings is 1. The lowest BCUT2D eigenvalue weighted by molar-refractivity contribution is -0.193. The van der Waals surface area contributed by atoms with Gasteiger partial charge in [0.2, 0.25) is 0 Å². The van der Waals surface area contributed by atoms with Crippen LogP contribution in [0, 0.1) is 5.41 Å². The lowest BCUT2D eigenvalue weighted by atomic mass is 9.77. The van der Waals surface area contributed by atoms with E-state index in [9.17, 15) is 44.3 Å². The van der Waals surface area contributed by atoms with Crippen molar-refractivity contribution in [2.24, 2.45) is 5.41 Å². The van der Waals surface area contributed by atoms with Gasteiger partial charge in [-0.1, -0.05) is 6.07 Å². The molecular formula is C27H30F9N5O7. The SMILES string of the molecule is CN1CCC2(CC1)Cc1nc3c(c(=O)n1C2)CN(Cc1cccnc1)CC3.O=C(O)C(F)(F)F.O=C(O)C(F)(F)F.O=C(O)C(F)(F)F. The number of alkyl halides is 9. The van der Waals surface area contributed by atoms with Gasteiger partial charge < -0.3 is 20.2 Å². The molecule has 21 heteroatoms. The lowest BCUT2D eigenvalue weighted by Gasteiger charge is -2.36. The molecule has 48 heavy (non-hydrogen) atoms. The summed E-state index contributed by atoms with van der Waals surface area (Å²) in [5.74, 6) is -7.24. The van der Waals surface area contributed by atoms with Gasteiger partial charge in [0.05, 0.1) is 11.3 Å². The molecule has 2 aromatic heterocycles. The van der Waals surface area contributed by atoms with Crippen LogP contribution >= 0.6 is 0 Å². The van der Waals surface area contributed by atoms with E-state index < -0.39 is 36.4 Å². The third-order valence-corrected chi connectivity index (χ3v) is 7.40. The first-order chi connectivity index (χ1) is 21.9. The largest absolute Gasteiger partial charge is 0.490 e. The van der Waals surface area contributed by atoms with Crippen molar-refractivity contribution in [3.8, 4) is 0 Å². The van der Waals surface area contributed by atoms with E-state index in [1.807, 2.05) is 16.8 Å². The Hall–Kier alpha value is -4.27. The number of rotatable bonds is 2. The first-order valence-corrected chi connectivity index (χ1v) is 13.8. The number of carboxylic acid groups (broad SMARTS) is 3. The molecule has 5 heterocycles. The monoisotopic (exact) mass is 707 g/mol. The number of aliphatic carboxylic acids is 3. The number of aromatic nitrogens is 3. The summed E-state index contributed by atoms with van der Waals surface area (Å²) in [5.41, 5.74) is 3.62. The summed E-state index contributed by atoms with van der Waals surface area (Å²) < 4.78 is 97.2. The Morgan fingerprint density at radius 3 is 1.81 bits per heavy atom. The molecule has 3 aliphatic rings. The molecule has 5 rings (SSSR count). The van der Waals surface area contributed by atoms with Gasteiger partial charge in [-0.05, 0) is 50.0 Å². The topological polar surface area (TPSA) is 166 Å². The predicted molar refractivity (Wildman–Crippen MR) is 144 cm³/mol. The summed E-state index contributed by atoms with van der Waals surface area (Å²) in [6, 6.07) is 4.07. The van der Waals surface area contributed by atoms with Crippen LogP contribution in [0.2, 0.25) is 0 Å². The highest BCUT2D eigenvalue weighted by atomic mass is 19.4. The van der Waals surface area contributed by atoms with E-state index in [-0.39, 0.29) is 11.0 Å². The minimum atomic E-state index is -5.08. The fourth-order valence-electron chi connectivity index (χ4n) is 4.96. The Morgan fingerprint density at radius 2 is 1.38 bits per heavy atom. The van der Waals surface area contributed by atoms with Crippen LogP contribution in [-0.2, 0) is 46.9 Å². The molecule has 3 aliphatic heterocycles. The second-order valence-corrected chi connectivity index (χ2v) is 11.1. The number of nitrogens with zero attached hydrogens (tertiary/aromatic N) is 5. The van der Waals surface area contributed by atoms with Gasteiger partial charge in [0.15, 0.2) is 0 Å². The van der Waals surface area contributed by atoms with Gasteiger partial charge in [0.25, 0.3) is 5.56 Å². The van der Waals surface area contributed by atoms with Crippen molar-refractivity contribution >= 4 is 17.9 Å². The molecule has 0 bridgehead atoms. The van der Waals surface area contributed by atoms with Crippen molar-refractivity contribution in [3.63, 3.8) is 0 Å². The normalized spacial score (nSPS) is 17.3. The number of likely N-dealkylation sites (tertiary alicyclic amines) is 1. The van der Waals surface area contributed by atoms with E-state index in [0.29, 0.717) is 6.54 Å². The van der Waals surface area contributed by atoms with Crippen LogP contribution in [-0.4, -0.2) is 103 Å². The standard InChI is InChI=1S/C21H27N5O.3C2HF3O2/c1-24-9-5-21(6-10-24)11-19-23-18-4-8-25(13-16-3-2-7-22-12-16)14-17(18)20(27)26(19)15-21;3*3-2(4,5)1(6)7/h2-3,7,12H,4-6,8-11,13-15H2,1H3;3*(H,6,7). The molecule has 0 aromatic carbocycles. The highest BCUT2D eigenvalue weighted by molar-refractivity contribution is 5.73. The predicted octanol–water partition coefficient (Wildman–Crippen LogP) is 3.36. The van der Waals surface area contributed by atoms with Crippen LogP contribution in [0.4, 0.5) is 39.5 Å². The first-order valence-electron chi connectivity index (χ1n) is 13.8. The van der Waals surface area contributed by atoms with E-state index in [4.69, 9.17) is 34.7 Å². The molecule has 0 radical (unpaired) electrons. The van der Waals surface area contributed by atoms with Gasteiger partial charge in [-0.15, -0.1) is 0 Å². The van der Waals surface area contributed by atoms with E-state index >= 15 is 0 Å². The molecule has 0 amide bonds. The fraction of sp³-hybridized carbons (Fsp3) is 0.556. The maximum Gasteiger partial charge on any atom is 0.490 e. The van der Waals surface area contributed by atoms with Gasteiger partial charge in [0.1, 0.15) is 5.82 Å². The molecule has 0 saturated carbocycles. The Balaban J connectivity index is 0.000000313. The van der Waals surface area contributed by atoms with E-state index in [1.165, 1.54) is 18.4 Å². The third kappa shape index (κ3) is 11.8. The Kier molecular flexibility index (Phi) is 13.1.